The molecule has 1 aliphatic rings. The van der Waals surface area contributed by atoms with Gasteiger partial charge in [0.25, 0.3) is 5.69 Å². The number of pyridine rings is 1. The third kappa shape index (κ3) is 2.76. The zero-order valence-electron chi connectivity index (χ0n) is 10.6. The molecular formula is C12H18N4O2. The van der Waals surface area contributed by atoms with Crippen molar-refractivity contribution in [2.24, 2.45) is 0 Å². The first-order valence-corrected chi connectivity index (χ1v) is 6.19. The van der Waals surface area contributed by atoms with Crippen LogP contribution in [0, 0.1) is 17.0 Å². The molecule has 2 heterocycles. The fraction of sp³-hybridized carbons (Fsp3) is 0.583. The summed E-state index contributed by atoms with van der Waals surface area (Å²) in [6.45, 7) is 4.91. The molecule has 6 nitrogen and oxygen atoms in total. The molecule has 1 aliphatic heterocycles. The van der Waals surface area contributed by atoms with E-state index < -0.39 is 4.92 Å². The molecule has 6 heteroatoms. The molecular weight excluding hydrogens is 232 g/mol. The maximum Gasteiger partial charge on any atom is 0.290 e. The molecule has 0 amide bonds. The Morgan fingerprint density at radius 1 is 1.61 bits per heavy atom. The highest BCUT2D eigenvalue weighted by molar-refractivity contribution is 5.47. The van der Waals surface area contributed by atoms with Gasteiger partial charge in [0.15, 0.2) is 0 Å². The summed E-state index contributed by atoms with van der Waals surface area (Å²) in [6, 6.07) is 2.45. The number of aryl methyl sites for hydroxylation is 1. The van der Waals surface area contributed by atoms with Crippen LogP contribution in [-0.4, -0.2) is 28.5 Å². The van der Waals surface area contributed by atoms with Crippen molar-refractivity contribution in [1.29, 1.82) is 0 Å². The smallest absolute Gasteiger partial charge is 0.290 e. The lowest BCUT2D eigenvalue weighted by molar-refractivity contribution is -0.385. The molecule has 1 saturated heterocycles. The summed E-state index contributed by atoms with van der Waals surface area (Å²) in [5.41, 5.74) is 0.698. The first-order valence-electron chi connectivity index (χ1n) is 6.19. The van der Waals surface area contributed by atoms with Crippen LogP contribution in [0.4, 0.5) is 11.5 Å². The summed E-state index contributed by atoms with van der Waals surface area (Å²) < 4.78 is 0. The topological polar surface area (TPSA) is 80.1 Å². The molecule has 2 atom stereocenters. The van der Waals surface area contributed by atoms with E-state index in [0.29, 0.717) is 23.5 Å². The summed E-state index contributed by atoms with van der Waals surface area (Å²) in [5.74, 6) is 0.707. The Morgan fingerprint density at radius 2 is 2.39 bits per heavy atom. The van der Waals surface area contributed by atoms with Crippen molar-refractivity contribution in [2.75, 3.05) is 11.9 Å². The van der Waals surface area contributed by atoms with Crippen molar-refractivity contribution < 1.29 is 4.92 Å². The van der Waals surface area contributed by atoms with Crippen LogP contribution < -0.4 is 10.6 Å². The van der Waals surface area contributed by atoms with E-state index in [9.17, 15) is 10.1 Å². The number of aromatic nitrogens is 1. The summed E-state index contributed by atoms with van der Waals surface area (Å²) in [6.07, 6.45) is 3.54. The van der Waals surface area contributed by atoms with Gasteiger partial charge in [-0.05, 0) is 39.3 Å². The Labute approximate surface area is 106 Å². The van der Waals surface area contributed by atoms with Crippen molar-refractivity contribution in [3.8, 4) is 0 Å². The average molecular weight is 250 g/mol. The number of nitro groups is 1. The van der Waals surface area contributed by atoms with Crippen molar-refractivity contribution in [1.82, 2.24) is 10.3 Å². The fourth-order valence-corrected chi connectivity index (χ4v) is 2.25. The average Bonchev–Trinajstić information content (AvgIpc) is 2.32. The molecule has 0 saturated carbocycles. The Kier molecular flexibility index (Phi) is 3.76. The highest BCUT2D eigenvalue weighted by Crippen LogP contribution is 2.21. The number of hydrogen-bond acceptors (Lipinski definition) is 5. The highest BCUT2D eigenvalue weighted by Gasteiger charge is 2.21. The first-order chi connectivity index (χ1) is 8.58. The fourth-order valence-electron chi connectivity index (χ4n) is 2.25. The van der Waals surface area contributed by atoms with Crippen molar-refractivity contribution >= 4 is 11.5 Å². The van der Waals surface area contributed by atoms with E-state index in [1.165, 1.54) is 6.20 Å². The predicted molar refractivity (Wildman–Crippen MR) is 69.7 cm³/mol. The second-order valence-corrected chi connectivity index (χ2v) is 4.75. The van der Waals surface area contributed by atoms with Crippen LogP contribution in [0.1, 0.15) is 25.3 Å². The third-order valence-electron chi connectivity index (χ3n) is 3.37. The lowest BCUT2D eigenvalue weighted by atomic mass is 10.00. The zero-order chi connectivity index (χ0) is 13.1. The Balaban J connectivity index is 2.10. The van der Waals surface area contributed by atoms with Gasteiger partial charge < -0.3 is 10.6 Å². The van der Waals surface area contributed by atoms with E-state index in [4.69, 9.17) is 0 Å². The standard InChI is InChI=1S/C12H18N4O2/c1-8-6-12(14-7-11(8)16(17)18)15-10-4-3-5-13-9(10)2/h6-7,9-10,13H,3-5H2,1-2H3,(H,14,15). The quantitative estimate of drug-likeness (QED) is 0.632. The minimum absolute atomic E-state index is 0.0652. The molecule has 1 aromatic heterocycles. The number of nitrogens with one attached hydrogen (secondary N) is 2. The molecule has 98 valence electrons. The molecule has 1 aromatic rings. The normalized spacial score (nSPS) is 23.7. The van der Waals surface area contributed by atoms with E-state index in [0.717, 1.165) is 19.4 Å². The van der Waals surface area contributed by atoms with Gasteiger partial charge in [-0.25, -0.2) is 4.98 Å². The number of piperidine rings is 1. The maximum absolute atomic E-state index is 10.7. The molecule has 0 aliphatic carbocycles. The highest BCUT2D eigenvalue weighted by atomic mass is 16.6. The summed E-state index contributed by atoms with van der Waals surface area (Å²) in [5, 5.41) is 17.4. The number of anilines is 1. The molecule has 18 heavy (non-hydrogen) atoms. The van der Waals surface area contributed by atoms with Gasteiger partial charge in [-0.2, -0.15) is 0 Å². The van der Waals surface area contributed by atoms with E-state index in [1.54, 1.807) is 13.0 Å². The number of hydrogen-bond donors (Lipinski definition) is 2. The summed E-state index contributed by atoms with van der Waals surface area (Å²) in [4.78, 5) is 14.4. The number of rotatable bonds is 3. The minimum atomic E-state index is -0.406. The van der Waals surface area contributed by atoms with Gasteiger partial charge in [0.2, 0.25) is 0 Å². The van der Waals surface area contributed by atoms with Crippen LogP contribution in [-0.2, 0) is 0 Å². The molecule has 0 bridgehead atoms. The molecule has 2 N–H and O–H groups in total. The Morgan fingerprint density at radius 3 is 3.00 bits per heavy atom. The predicted octanol–water partition coefficient (Wildman–Crippen LogP) is 1.85. The lowest BCUT2D eigenvalue weighted by Crippen LogP contribution is -2.46. The van der Waals surface area contributed by atoms with Crippen LogP contribution in [0.2, 0.25) is 0 Å². The van der Waals surface area contributed by atoms with Crippen LogP contribution in [0.3, 0.4) is 0 Å². The largest absolute Gasteiger partial charge is 0.366 e. The van der Waals surface area contributed by atoms with Gasteiger partial charge in [0, 0.05) is 17.6 Å². The van der Waals surface area contributed by atoms with Crippen LogP contribution >= 0.6 is 0 Å². The van der Waals surface area contributed by atoms with E-state index in [2.05, 4.69) is 22.5 Å². The third-order valence-corrected chi connectivity index (χ3v) is 3.37. The molecule has 0 aromatic carbocycles. The molecule has 2 unspecified atom stereocenters. The van der Waals surface area contributed by atoms with E-state index in [-0.39, 0.29) is 5.69 Å². The van der Waals surface area contributed by atoms with Gasteiger partial charge in [-0.1, -0.05) is 0 Å². The number of nitrogens with zero attached hydrogens (tertiary/aromatic N) is 2. The van der Waals surface area contributed by atoms with Gasteiger partial charge >= 0.3 is 0 Å². The minimum Gasteiger partial charge on any atom is -0.366 e. The van der Waals surface area contributed by atoms with Crippen LogP contribution in [0.15, 0.2) is 12.3 Å². The Hall–Kier alpha value is -1.69. The molecule has 0 spiro atoms. The van der Waals surface area contributed by atoms with Crippen molar-refractivity contribution in [3.05, 3.63) is 27.9 Å². The van der Waals surface area contributed by atoms with Crippen LogP contribution in [0.25, 0.3) is 0 Å². The molecule has 0 radical (unpaired) electrons. The van der Waals surface area contributed by atoms with E-state index in [1.807, 2.05) is 0 Å². The summed E-state index contributed by atoms with van der Waals surface area (Å²) >= 11 is 0. The van der Waals surface area contributed by atoms with Gasteiger partial charge in [0.05, 0.1) is 4.92 Å². The SMILES string of the molecule is Cc1cc(NC2CCCNC2C)ncc1[N+](=O)[O-]. The first kappa shape index (κ1) is 12.8. The van der Waals surface area contributed by atoms with Gasteiger partial charge in [-0.15, -0.1) is 0 Å². The molecule has 2 rings (SSSR count). The summed E-state index contributed by atoms with van der Waals surface area (Å²) in [7, 11) is 0. The zero-order valence-corrected chi connectivity index (χ0v) is 10.6. The van der Waals surface area contributed by atoms with Gasteiger partial charge in [-0.3, -0.25) is 10.1 Å². The molecule has 1 fully saturated rings. The van der Waals surface area contributed by atoms with E-state index >= 15 is 0 Å². The van der Waals surface area contributed by atoms with Crippen molar-refractivity contribution in [3.63, 3.8) is 0 Å². The second-order valence-electron chi connectivity index (χ2n) is 4.75. The lowest BCUT2D eigenvalue weighted by Gasteiger charge is -2.31. The Bertz CT molecular complexity index is 450. The van der Waals surface area contributed by atoms with Crippen molar-refractivity contribution in [2.45, 2.75) is 38.8 Å². The second kappa shape index (κ2) is 5.30. The van der Waals surface area contributed by atoms with Crippen LogP contribution in [0.5, 0.6) is 0 Å². The monoisotopic (exact) mass is 250 g/mol. The maximum atomic E-state index is 10.7. The van der Waals surface area contributed by atoms with Gasteiger partial charge in [0.1, 0.15) is 12.0 Å².